The molecule has 5 nitrogen and oxygen atoms in total. The summed E-state index contributed by atoms with van der Waals surface area (Å²) in [5.41, 5.74) is 1.35. The molecule has 0 radical (unpaired) electrons. The van der Waals surface area contributed by atoms with Crippen molar-refractivity contribution in [3.05, 3.63) is 66.7 Å². The van der Waals surface area contributed by atoms with Gasteiger partial charge in [-0.15, -0.1) is 34.0 Å². The predicted octanol–water partition coefficient (Wildman–Crippen LogP) is 3.80. The van der Waals surface area contributed by atoms with E-state index >= 15 is 0 Å². The number of piperazine rings is 1. The van der Waals surface area contributed by atoms with Crippen LogP contribution < -0.4 is 0 Å². The molecule has 2 amide bonds. The van der Waals surface area contributed by atoms with Crippen LogP contribution in [0.2, 0.25) is 0 Å². The van der Waals surface area contributed by atoms with E-state index in [2.05, 4.69) is 33.9 Å². The van der Waals surface area contributed by atoms with Crippen LogP contribution in [0.15, 0.2) is 46.5 Å². The highest BCUT2D eigenvalue weighted by Gasteiger charge is 2.33. The van der Waals surface area contributed by atoms with Crippen LogP contribution in [0.3, 0.4) is 0 Å². The van der Waals surface area contributed by atoms with E-state index in [1.807, 2.05) is 38.6 Å². The Morgan fingerprint density at radius 3 is 2.37 bits per heavy atom. The number of carbonyl (C=O) groups excluding carboxylic acids is 2. The largest absolute Gasteiger partial charge is 0.338 e. The number of amides is 2. The SMILES string of the molecule is O=C(CN1CCc2sccc2C1c1cccs1)N1CCN(C(=O)c2cccs2)CC1. The molecule has 0 saturated carbocycles. The lowest BCUT2D eigenvalue weighted by atomic mass is 9.98. The van der Waals surface area contributed by atoms with Crippen LogP contribution in [-0.4, -0.2) is 65.8 Å². The Bertz CT molecular complexity index is 1000. The molecule has 0 bridgehead atoms. The monoisotopic (exact) mass is 457 g/mol. The molecule has 1 unspecified atom stereocenters. The minimum atomic E-state index is 0.0795. The van der Waals surface area contributed by atoms with Crippen LogP contribution in [0.25, 0.3) is 0 Å². The second-order valence-corrected chi connectivity index (χ2v) is 10.5. The lowest BCUT2D eigenvalue weighted by molar-refractivity contribution is -0.134. The fourth-order valence-corrected chi connectivity index (χ4v) is 6.78. The summed E-state index contributed by atoms with van der Waals surface area (Å²) < 4.78 is 0. The van der Waals surface area contributed by atoms with Gasteiger partial charge in [-0.1, -0.05) is 12.1 Å². The molecule has 0 aromatic carbocycles. The maximum atomic E-state index is 13.1. The lowest BCUT2D eigenvalue weighted by Crippen LogP contribution is -2.53. The van der Waals surface area contributed by atoms with E-state index < -0.39 is 0 Å². The van der Waals surface area contributed by atoms with Crippen molar-refractivity contribution < 1.29 is 9.59 Å². The summed E-state index contributed by atoms with van der Waals surface area (Å²) in [5, 5.41) is 6.20. The molecule has 5 rings (SSSR count). The molecule has 0 N–H and O–H groups in total. The van der Waals surface area contributed by atoms with Crippen LogP contribution in [-0.2, 0) is 11.2 Å². The Morgan fingerprint density at radius 2 is 1.63 bits per heavy atom. The smallest absolute Gasteiger partial charge is 0.264 e. The number of rotatable bonds is 4. The summed E-state index contributed by atoms with van der Waals surface area (Å²) in [6.45, 7) is 3.75. The van der Waals surface area contributed by atoms with Gasteiger partial charge < -0.3 is 9.80 Å². The van der Waals surface area contributed by atoms with Crippen molar-refractivity contribution in [2.75, 3.05) is 39.3 Å². The first-order valence-corrected chi connectivity index (χ1v) is 12.8. The van der Waals surface area contributed by atoms with Crippen LogP contribution in [0, 0.1) is 0 Å². The van der Waals surface area contributed by atoms with Crippen molar-refractivity contribution in [3.63, 3.8) is 0 Å². The number of hydrogen-bond donors (Lipinski definition) is 0. The summed E-state index contributed by atoms with van der Waals surface area (Å²) >= 11 is 5.06. The fraction of sp³-hybridized carbons (Fsp3) is 0.364. The summed E-state index contributed by atoms with van der Waals surface area (Å²) in [7, 11) is 0. The molecule has 156 valence electrons. The molecule has 30 heavy (non-hydrogen) atoms. The van der Waals surface area contributed by atoms with Gasteiger partial charge in [0.2, 0.25) is 5.91 Å². The maximum absolute atomic E-state index is 13.1. The summed E-state index contributed by atoms with van der Waals surface area (Å²) in [6, 6.07) is 10.4. The van der Waals surface area contributed by atoms with Crippen LogP contribution in [0.4, 0.5) is 0 Å². The zero-order valence-electron chi connectivity index (χ0n) is 16.5. The van der Waals surface area contributed by atoms with Gasteiger partial charge in [0, 0.05) is 42.5 Å². The third-order valence-corrected chi connectivity index (χ3v) is 8.65. The third kappa shape index (κ3) is 3.85. The van der Waals surface area contributed by atoms with E-state index in [1.54, 1.807) is 11.3 Å². The second kappa shape index (κ2) is 8.63. The van der Waals surface area contributed by atoms with Crippen molar-refractivity contribution in [1.29, 1.82) is 0 Å². The van der Waals surface area contributed by atoms with Crippen molar-refractivity contribution in [1.82, 2.24) is 14.7 Å². The van der Waals surface area contributed by atoms with Crippen molar-refractivity contribution >= 4 is 45.8 Å². The zero-order chi connectivity index (χ0) is 20.5. The molecule has 5 heterocycles. The normalized spacial score (nSPS) is 19.7. The fourth-order valence-electron chi connectivity index (χ4n) is 4.31. The van der Waals surface area contributed by atoms with Gasteiger partial charge in [-0.2, -0.15) is 0 Å². The van der Waals surface area contributed by atoms with Crippen LogP contribution >= 0.6 is 34.0 Å². The standard InChI is InChI=1S/C22H23N3O2S3/c26-20(23-8-10-24(11-9-23)22(27)19-4-2-13-29-19)15-25-7-5-17-16(6-14-30-17)21(25)18-3-1-12-28-18/h1-4,6,12-14,21H,5,7-11,15H2. The van der Waals surface area contributed by atoms with Gasteiger partial charge in [0.1, 0.15) is 0 Å². The Labute approximate surface area is 188 Å². The molecule has 3 aromatic heterocycles. The topological polar surface area (TPSA) is 43.9 Å². The van der Waals surface area contributed by atoms with Crippen LogP contribution in [0.5, 0.6) is 0 Å². The molecule has 1 fully saturated rings. The predicted molar refractivity (Wildman–Crippen MR) is 123 cm³/mol. The molecular formula is C22H23N3O2S3. The first kappa shape index (κ1) is 19.9. The van der Waals surface area contributed by atoms with Gasteiger partial charge in [-0.3, -0.25) is 14.5 Å². The van der Waals surface area contributed by atoms with Gasteiger partial charge in [0.15, 0.2) is 0 Å². The van der Waals surface area contributed by atoms with Crippen molar-refractivity contribution in [2.24, 2.45) is 0 Å². The van der Waals surface area contributed by atoms with Gasteiger partial charge in [0.05, 0.1) is 17.5 Å². The average Bonchev–Trinajstić information content (AvgIpc) is 3.55. The molecule has 2 aliphatic rings. The van der Waals surface area contributed by atoms with E-state index in [4.69, 9.17) is 0 Å². The molecule has 0 spiro atoms. The second-order valence-electron chi connectivity index (χ2n) is 7.59. The summed E-state index contributed by atoms with van der Waals surface area (Å²) in [5.74, 6) is 0.245. The minimum absolute atomic E-state index is 0.0795. The van der Waals surface area contributed by atoms with E-state index in [-0.39, 0.29) is 17.9 Å². The van der Waals surface area contributed by atoms with E-state index in [0.29, 0.717) is 32.7 Å². The van der Waals surface area contributed by atoms with Crippen molar-refractivity contribution in [2.45, 2.75) is 12.5 Å². The molecule has 2 aliphatic heterocycles. The third-order valence-electron chi connectivity index (χ3n) is 5.87. The first-order chi connectivity index (χ1) is 14.7. The van der Waals surface area contributed by atoms with Gasteiger partial charge in [-0.25, -0.2) is 0 Å². The van der Waals surface area contributed by atoms with Gasteiger partial charge in [-0.05, 0) is 46.3 Å². The van der Waals surface area contributed by atoms with Gasteiger partial charge >= 0.3 is 0 Å². The minimum Gasteiger partial charge on any atom is -0.338 e. The average molecular weight is 458 g/mol. The number of carbonyl (C=O) groups is 2. The molecular weight excluding hydrogens is 434 g/mol. The zero-order valence-corrected chi connectivity index (χ0v) is 19.0. The number of hydrogen-bond acceptors (Lipinski definition) is 6. The number of thiophene rings is 3. The molecule has 1 saturated heterocycles. The summed E-state index contributed by atoms with van der Waals surface area (Å²) in [6.07, 6.45) is 1.01. The van der Waals surface area contributed by atoms with Gasteiger partial charge in [0.25, 0.3) is 5.91 Å². The number of nitrogens with zero attached hydrogens (tertiary/aromatic N) is 3. The molecule has 3 aromatic rings. The Hall–Kier alpha value is -2.00. The molecule has 0 aliphatic carbocycles. The first-order valence-electron chi connectivity index (χ1n) is 10.1. The summed E-state index contributed by atoms with van der Waals surface area (Å²) in [4.78, 5) is 35.3. The number of fused-ring (bicyclic) bond motifs is 1. The molecule has 8 heteroatoms. The quantitative estimate of drug-likeness (QED) is 0.599. The highest BCUT2D eigenvalue weighted by atomic mass is 32.1. The Morgan fingerprint density at radius 1 is 0.867 bits per heavy atom. The molecule has 1 atom stereocenters. The maximum Gasteiger partial charge on any atom is 0.264 e. The van der Waals surface area contributed by atoms with Crippen LogP contribution in [0.1, 0.15) is 31.0 Å². The van der Waals surface area contributed by atoms with E-state index in [9.17, 15) is 9.59 Å². The Kier molecular flexibility index (Phi) is 5.73. The van der Waals surface area contributed by atoms with Crippen molar-refractivity contribution in [3.8, 4) is 0 Å². The van der Waals surface area contributed by atoms with E-state index in [0.717, 1.165) is 17.8 Å². The van der Waals surface area contributed by atoms with E-state index in [1.165, 1.54) is 26.7 Å². The highest BCUT2D eigenvalue weighted by molar-refractivity contribution is 7.12. The Balaban J connectivity index is 1.24. The highest BCUT2D eigenvalue weighted by Crippen LogP contribution is 2.39. The lowest BCUT2D eigenvalue weighted by Gasteiger charge is -2.38.